The number of hydrogen-bond acceptors (Lipinski definition) is 2. The van der Waals surface area contributed by atoms with Gasteiger partial charge in [-0.1, -0.05) is 46.9 Å². The summed E-state index contributed by atoms with van der Waals surface area (Å²) < 4.78 is 5.32. The van der Waals surface area contributed by atoms with Crippen LogP contribution in [-0.2, 0) is 4.79 Å². The quantitative estimate of drug-likeness (QED) is 0.885. The Kier molecular flexibility index (Phi) is 5.12. The van der Waals surface area contributed by atoms with Crippen molar-refractivity contribution in [2.75, 3.05) is 11.9 Å². The summed E-state index contributed by atoms with van der Waals surface area (Å²) in [6.45, 7) is -0.164. The van der Waals surface area contributed by atoms with Crippen molar-refractivity contribution in [3.63, 3.8) is 0 Å². The minimum atomic E-state index is -0.339. The second kappa shape index (κ2) is 6.84. The molecule has 3 nitrogen and oxygen atoms in total. The fourth-order valence-corrected chi connectivity index (χ4v) is 2.13. The van der Waals surface area contributed by atoms with Gasteiger partial charge in [-0.25, -0.2) is 0 Å². The number of hydrogen-bond donors (Lipinski definition) is 1. The van der Waals surface area contributed by atoms with Gasteiger partial charge in [-0.2, -0.15) is 0 Å². The predicted octanol–water partition coefficient (Wildman–Crippen LogP) is 4.66. The van der Waals surface area contributed by atoms with Gasteiger partial charge in [-0.15, -0.1) is 0 Å². The largest absolute Gasteiger partial charge is 0.482 e. The van der Waals surface area contributed by atoms with Crippen LogP contribution in [0, 0.1) is 0 Å². The zero-order valence-electron chi connectivity index (χ0n) is 10.2. The van der Waals surface area contributed by atoms with Crippen LogP contribution in [0.25, 0.3) is 0 Å². The maximum absolute atomic E-state index is 11.8. The number of carbonyl (C=O) groups is 1. The molecule has 0 fully saturated rings. The van der Waals surface area contributed by atoms with Gasteiger partial charge in [0.2, 0.25) is 0 Å². The van der Waals surface area contributed by atoms with E-state index in [0.29, 0.717) is 26.5 Å². The molecule has 0 bridgehead atoms. The highest BCUT2D eigenvalue weighted by Crippen LogP contribution is 2.26. The Hall–Kier alpha value is -1.42. The minimum Gasteiger partial charge on any atom is -0.482 e. The Morgan fingerprint density at radius 2 is 1.80 bits per heavy atom. The van der Waals surface area contributed by atoms with Crippen molar-refractivity contribution < 1.29 is 9.53 Å². The molecule has 1 amide bonds. The van der Waals surface area contributed by atoms with Gasteiger partial charge in [0.25, 0.3) is 5.91 Å². The third kappa shape index (κ3) is 4.04. The first-order valence-electron chi connectivity index (χ1n) is 5.68. The monoisotopic (exact) mass is 329 g/mol. The highest BCUT2D eigenvalue weighted by atomic mass is 35.5. The van der Waals surface area contributed by atoms with E-state index in [2.05, 4.69) is 5.32 Å². The van der Waals surface area contributed by atoms with Crippen molar-refractivity contribution in [1.29, 1.82) is 0 Å². The van der Waals surface area contributed by atoms with Crippen LogP contribution in [0.15, 0.2) is 42.5 Å². The first-order chi connectivity index (χ1) is 9.56. The maximum Gasteiger partial charge on any atom is 0.262 e. The van der Waals surface area contributed by atoms with E-state index < -0.39 is 0 Å². The number of carbonyl (C=O) groups excluding carboxylic acids is 1. The van der Waals surface area contributed by atoms with Crippen molar-refractivity contribution in [2.45, 2.75) is 0 Å². The SMILES string of the molecule is O=C(COc1ccccc1Cl)Nc1ccc(Cl)cc1Cl. The van der Waals surface area contributed by atoms with Gasteiger partial charge < -0.3 is 10.1 Å². The van der Waals surface area contributed by atoms with E-state index in [1.807, 2.05) is 0 Å². The Bertz CT molecular complexity index is 632. The molecular formula is C14H10Cl3NO2. The summed E-state index contributed by atoms with van der Waals surface area (Å²) >= 11 is 17.6. The average molecular weight is 331 g/mol. The molecule has 0 heterocycles. The molecule has 0 aromatic heterocycles. The number of anilines is 1. The smallest absolute Gasteiger partial charge is 0.262 e. The van der Waals surface area contributed by atoms with E-state index in [1.54, 1.807) is 42.5 Å². The molecule has 0 aliphatic heterocycles. The van der Waals surface area contributed by atoms with Crippen LogP contribution < -0.4 is 10.1 Å². The van der Waals surface area contributed by atoms with Crippen molar-refractivity contribution in [1.82, 2.24) is 0 Å². The van der Waals surface area contributed by atoms with Crippen LogP contribution in [0.5, 0.6) is 5.75 Å². The summed E-state index contributed by atoms with van der Waals surface area (Å²) in [5.74, 6) is 0.112. The Morgan fingerprint density at radius 1 is 1.05 bits per heavy atom. The van der Waals surface area contributed by atoms with Crippen molar-refractivity contribution in [2.24, 2.45) is 0 Å². The Balaban J connectivity index is 1.94. The molecule has 20 heavy (non-hydrogen) atoms. The molecule has 0 saturated carbocycles. The molecule has 2 rings (SSSR count). The molecule has 2 aromatic carbocycles. The van der Waals surface area contributed by atoms with Gasteiger partial charge in [0.1, 0.15) is 5.75 Å². The topological polar surface area (TPSA) is 38.3 Å². The van der Waals surface area contributed by atoms with E-state index >= 15 is 0 Å². The van der Waals surface area contributed by atoms with E-state index in [9.17, 15) is 4.79 Å². The predicted molar refractivity (Wildman–Crippen MR) is 82.0 cm³/mol. The molecular weight excluding hydrogens is 321 g/mol. The van der Waals surface area contributed by atoms with Crippen LogP contribution in [0.3, 0.4) is 0 Å². The Labute approximate surface area is 131 Å². The third-order valence-electron chi connectivity index (χ3n) is 2.40. The fraction of sp³-hybridized carbons (Fsp3) is 0.0714. The molecule has 0 atom stereocenters. The molecule has 2 aromatic rings. The minimum absolute atomic E-state index is 0.164. The zero-order chi connectivity index (χ0) is 14.5. The molecule has 0 spiro atoms. The molecule has 104 valence electrons. The molecule has 1 N–H and O–H groups in total. The van der Waals surface area contributed by atoms with Crippen LogP contribution in [0.2, 0.25) is 15.1 Å². The van der Waals surface area contributed by atoms with Crippen LogP contribution in [-0.4, -0.2) is 12.5 Å². The third-order valence-corrected chi connectivity index (χ3v) is 3.26. The highest BCUT2D eigenvalue weighted by Gasteiger charge is 2.08. The van der Waals surface area contributed by atoms with Crippen molar-refractivity contribution >= 4 is 46.4 Å². The molecule has 0 radical (unpaired) electrons. The normalized spacial score (nSPS) is 10.2. The summed E-state index contributed by atoms with van der Waals surface area (Å²) in [5.41, 5.74) is 0.476. The van der Waals surface area contributed by atoms with Crippen molar-refractivity contribution in [3.05, 3.63) is 57.5 Å². The summed E-state index contributed by atoms with van der Waals surface area (Å²) in [4.78, 5) is 11.8. The Morgan fingerprint density at radius 3 is 2.50 bits per heavy atom. The van der Waals surface area contributed by atoms with Crippen LogP contribution in [0.1, 0.15) is 0 Å². The standard InChI is InChI=1S/C14H10Cl3NO2/c15-9-5-6-12(11(17)7-9)18-14(19)8-20-13-4-2-1-3-10(13)16/h1-7H,8H2,(H,18,19). The summed E-state index contributed by atoms with van der Waals surface area (Å²) in [6.07, 6.45) is 0. The fourth-order valence-electron chi connectivity index (χ4n) is 1.48. The number of benzene rings is 2. The number of ether oxygens (including phenoxy) is 1. The second-order valence-electron chi connectivity index (χ2n) is 3.89. The van der Waals surface area contributed by atoms with Gasteiger partial charge >= 0.3 is 0 Å². The zero-order valence-corrected chi connectivity index (χ0v) is 12.5. The number of para-hydroxylation sites is 1. The second-order valence-corrected chi connectivity index (χ2v) is 5.14. The molecule has 6 heteroatoms. The number of halogens is 3. The lowest BCUT2D eigenvalue weighted by Gasteiger charge is -2.09. The number of nitrogens with one attached hydrogen (secondary N) is 1. The number of amides is 1. The van der Waals surface area contributed by atoms with Crippen molar-refractivity contribution in [3.8, 4) is 5.75 Å². The van der Waals surface area contributed by atoms with E-state index in [1.165, 1.54) is 0 Å². The maximum atomic E-state index is 11.8. The van der Waals surface area contributed by atoms with E-state index in [0.717, 1.165) is 0 Å². The summed E-state index contributed by atoms with van der Waals surface area (Å²) in [6, 6.07) is 11.7. The average Bonchev–Trinajstić information content (AvgIpc) is 2.41. The first kappa shape index (κ1) is 15.0. The molecule has 0 aliphatic carbocycles. The number of rotatable bonds is 4. The van der Waals surface area contributed by atoms with Gasteiger partial charge in [0.05, 0.1) is 15.7 Å². The lowest BCUT2D eigenvalue weighted by molar-refractivity contribution is -0.118. The molecule has 0 saturated heterocycles. The molecule has 0 unspecified atom stereocenters. The van der Waals surface area contributed by atoms with Gasteiger partial charge in [-0.05, 0) is 30.3 Å². The summed E-state index contributed by atoms with van der Waals surface area (Å²) in [7, 11) is 0. The van der Waals surface area contributed by atoms with E-state index in [4.69, 9.17) is 39.5 Å². The van der Waals surface area contributed by atoms with Crippen LogP contribution >= 0.6 is 34.8 Å². The lowest BCUT2D eigenvalue weighted by Crippen LogP contribution is -2.20. The first-order valence-corrected chi connectivity index (χ1v) is 6.82. The van der Waals surface area contributed by atoms with E-state index in [-0.39, 0.29) is 12.5 Å². The van der Waals surface area contributed by atoms with Gasteiger partial charge in [-0.3, -0.25) is 4.79 Å². The van der Waals surface area contributed by atoms with Gasteiger partial charge in [0, 0.05) is 5.02 Å². The van der Waals surface area contributed by atoms with Crippen LogP contribution in [0.4, 0.5) is 5.69 Å². The van der Waals surface area contributed by atoms with Gasteiger partial charge in [0.15, 0.2) is 6.61 Å². The molecule has 0 aliphatic rings. The lowest BCUT2D eigenvalue weighted by atomic mass is 10.3. The summed E-state index contributed by atoms with van der Waals surface area (Å²) in [5, 5.41) is 3.94. The highest BCUT2D eigenvalue weighted by molar-refractivity contribution is 6.36.